The van der Waals surface area contributed by atoms with Crippen LogP contribution in [-0.2, 0) is 6.42 Å². The van der Waals surface area contributed by atoms with Crippen molar-refractivity contribution in [3.8, 4) is 5.75 Å². The van der Waals surface area contributed by atoms with Gasteiger partial charge in [-0.25, -0.2) is 0 Å². The van der Waals surface area contributed by atoms with Gasteiger partial charge in [0.1, 0.15) is 11.5 Å². The maximum atomic E-state index is 5.83. The fourth-order valence-corrected chi connectivity index (χ4v) is 2.06. The number of ether oxygens (including phenoxy) is 1. The molecular weight excluding hydrogens is 240 g/mol. The van der Waals surface area contributed by atoms with Gasteiger partial charge in [0, 0.05) is 18.5 Å². The van der Waals surface area contributed by atoms with Gasteiger partial charge < -0.3 is 15.0 Å². The fraction of sp³-hybridized carbons (Fsp3) is 0.400. The minimum atomic E-state index is 0.190. The lowest BCUT2D eigenvalue weighted by atomic mass is 9.96. The van der Waals surface area contributed by atoms with E-state index in [-0.39, 0.29) is 5.92 Å². The van der Waals surface area contributed by atoms with E-state index in [2.05, 4.69) is 17.3 Å². The van der Waals surface area contributed by atoms with Crippen molar-refractivity contribution >= 4 is 0 Å². The predicted octanol–water partition coefficient (Wildman–Crippen LogP) is 2.67. The summed E-state index contributed by atoms with van der Waals surface area (Å²) in [4.78, 5) is 0. The Kier molecular flexibility index (Phi) is 4.58. The van der Waals surface area contributed by atoms with E-state index in [1.807, 2.05) is 32.0 Å². The zero-order valence-electron chi connectivity index (χ0n) is 11.4. The first-order chi connectivity index (χ1) is 9.22. The van der Waals surface area contributed by atoms with E-state index >= 15 is 0 Å². The summed E-state index contributed by atoms with van der Waals surface area (Å²) in [5.41, 5.74) is 7.98. The summed E-state index contributed by atoms with van der Waals surface area (Å²) < 4.78 is 10.5. The summed E-state index contributed by atoms with van der Waals surface area (Å²) >= 11 is 0. The van der Waals surface area contributed by atoms with Gasteiger partial charge in [0.05, 0.1) is 12.3 Å². The number of aryl methyl sites for hydroxylation is 1. The lowest BCUT2D eigenvalue weighted by Crippen LogP contribution is -2.15. The van der Waals surface area contributed by atoms with Crippen molar-refractivity contribution in [2.24, 2.45) is 5.73 Å². The van der Waals surface area contributed by atoms with Crippen LogP contribution < -0.4 is 10.5 Å². The molecule has 1 atom stereocenters. The molecule has 1 aromatic carbocycles. The molecule has 0 spiro atoms. The standard InChI is InChI=1S/C15H20N2O2/c1-3-18-14-6-4-12(5-7-14)9-13(10-16)15-8-11(2)19-17-15/h4-8,13H,3,9-10,16H2,1-2H3. The molecule has 0 bridgehead atoms. The lowest BCUT2D eigenvalue weighted by molar-refractivity contribution is 0.340. The second-order valence-corrected chi connectivity index (χ2v) is 4.58. The van der Waals surface area contributed by atoms with E-state index < -0.39 is 0 Å². The van der Waals surface area contributed by atoms with Gasteiger partial charge in [-0.15, -0.1) is 0 Å². The van der Waals surface area contributed by atoms with Gasteiger partial charge in [0.25, 0.3) is 0 Å². The topological polar surface area (TPSA) is 61.3 Å². The van der Waals surface area contributed by atoms with E-state index in [0.717, 1.165) is 23.6 Å². The first-order valence-corrected chi connectivity index (χ1v) is 6.58. The molecule has 1 unspecified atom stereocenters. The van der Waals surface area contributed by atoms with E-state index in [1.54, 1.807) is 0 Å². The van der Waals surface area contributed by atoms with Crippen LogP contribution in [0.5, 0.6) is 5.75 Å². The normalized spacial score (nSPS) is 12.4. The number of hydrogen-bond donors (Lipinski definition) is 1. The van der Waals surface area contributed by atoms with Crippen molar-refractivity contribution in [1.29, 1.82) is 0 Å². The number of aromatic nitrogens is 1. The number of benzene rings is 1. The first-order valence-electron chi connectivity index (χ1n) is 6.58. The molecule has 2 N–H and O–H groups in total. The fourth-order valence-electron chi connectivity index (χ4n) is 2.06. The molecule has 2 aromatic rings. The van der Waals surface area contributed by atoms with Crippen molar-refractivity contribution in [3.05, 3.63) is 47.3 Å². The average molecular weight is 260 g/mol. The second kappa shape index (κ2) is 6.38. The van der Waals surface area contributed by atoms with Gasteiger partial charge in [-0.2, -0.15) is 0 Å². The molecular formula is C15H20N2O2. The van der Waals surface area contributed by atoms with Crippen LogP contribution in [0.3, 0.4) is 0 Å². The van der Waals surface area contributed by atoms with Gasteiger partial charge in [-0.05, 0) is 38.0 Å². The molecule has 19 heavy (non-hydrogen) atoms. The molecule has 0 aliphatic heterocycles. The SMILES string of the molecule is CCOc1ccc(CC(CN)c2cc(C)on2)cc1. The third-order valence-corrected chi connectivity index (χ3v) is 3.07. The number of nitrogens with zero attached hydrogens (tertiary/aromatic N) is 1. The Balaban J connectivity index is 2.05. The molecule has 0 aliphatic carbocycles. The van der Waals surface area contributed by atoms with Crippen LogP contribution in [-0.4, -0.2) is 18.3 Å². The van der Waals surface area contributed by atoms with E-state index in [1.165, 1.54) is 5.56 Å². The zero-order valence-corrected chi connectivity index (χ0v) is 11.4. The molecule has 1 heterocycles. The van der Waals surface area contributed by atoms with Gasteiger partial charge in [-0.3, -0.25) is 0 Å². The average Bonchev–Trinajstić information content (AvgIpc) is 2.85. The monoisotopic (exact) mass is 260 g/mol. The third kappa shape index (κ3) is 3.58. The van der Waals surface area contributed by atoms with Crippen molar-refractivity contribution in [3.63, 3.8) is 0 Å². The molecule has 4 heteroatoms. The summed E-state index contributed by atoms with van der Waals surface area (Å²) in [7, 11) is 0. The molecule has 0 aliphatic rings. The largest absolute Gasteiger partial charge is 0.494 e. The second-order valence-electron chi connectivity index (χ2n) is 4.58. The van der Waals surface area contributed by atoms with Crippen LogP contribution in [0.1, 0.15) is 29.9 Å². The summed E-state index contributed by atoms with van der Waals surface area (Å²) in [6, 6.07) is 10.1. The number of rotatable bonds is 6. The zero-order chi connectivity index (χ0) is 13.7. The van der Waals surface area contributed by atoms with Crippen LogP contribution in [0.4, 0.5) is 0 Å². The van der Waals surface area contributed by atoms with Gasteiger partial charge >= 0.3 is 0 Å². The minimum Gasteiger partial charge on any atom is -0.494 e. The summed E-state index contributed by atoms with van der Waals surface area (Å²) in [6.07, 6.45) is 0.856. The van der Waals surface area contributed by atoms with Crippen molar-refractivity contribution in [2.75, 3.05) is 13.2 Å². The Hall–Kier alpha value is -1.81. The van der Waals surface area contributed by atoms with Crippen molar-refractivity contribution in [1.82, 2.24) is 5.16 Å². The molecule has 0 saturated heterocycles. The van der Waals surface area contributed by atoms with Gasteiger partial charge in [0.15, 0.2) is 0 Å². The van der Waals surface area contributed by atoms with Crippen molar-refractivity contribution < 1.29 is 9.26 Å². The summed E-state index contributed by atoms with van der Waals surface area (Å²) in [5, 5.41) is 4.05. The van der Waals surface area contributed by atoms with Crippen LogP contribution in [0, 0.1) is 6.92 Å². The highest BCUT2D eigenvalue weighted by Crippen LogP contribution is 2.21. The molecule has 1 aromatic heterocycles. The minimum absolute atomic E-state index is 0.190. The third-order valence-electron chi connectivity index (χ3n) is 3.07. The molecule has 0 radical (unpaired) electrons. The molecule has 0 saturated carbocycles. The van der Waals surface area contributed by atoms with E-state index in [4.69, 9.17) is 15.0 Å². The Bertz CT molecular complexity index is 505. The lowest BCUT2D eigenvalue weighted by Gasteiger charge is -2.12. The first kappa shape index (κ1) is 13.6. The van der Waals surface area contributed by atoms with Gasteiger partial charge in [0.2, 0.25) is 0 Å². The molecule has 2 rings (SSSR count). The highest BCUT2D eigenvalue weighted by atomic mass is 16.5. The van der Waals surface area contributed by atoms with E-state index in [9.17, 15) is 0 Å². The van der Waals surface area contributed by atoms with Gasteiger partial charge in [-0.1, -0.05) is 17.3 Å². The molecule has 4 nitrogen and oxygen atoms in total. The predicted molar refractivity (Wildman–Crippen MR) is 74.4 cm³/mol. The maximum Gasteiger partial charge on any atom is 0.133 e. The number of hydrogen-bond acceptors (Lipinski definition) is 4. The molecule has 0 amide bonds. The Morgan fingerprint density at radius 3 is 2.58 bits per heavy atom. The summed E-state index contributed by atoms with van der Waals surface area (Å²) in [6.45, 7) is 5.11. The highest BCUT2D eigenvalue weighted by Gasteiger charge is 2.14. The maximum absolute atomic E-state index is 5.83. The Morgan fingerprint density at radius 1 is 1.32 bits per heavy atom. The number of nitrogens with two attached hydrogens (primary N) is 1. The molecule has 102 valence electrons. The molecule has 0 fully saturated rings. The summed E-state index contributed by atoms with van der Waals surface area (Å²) in [5.74, 6) is 1.91. The van der Waals surface area contributed by atoms with Crippen LogP contribution in [0.25, 0.3) is 0 Å². The van der Waals surface area contributed by atoms with Crippen molar-refractivity contribution in [2.45, 2.75) is 26.2 Å². The highest BCUT2D eigenvalue weighted by molar-refractivity contribution is 5.28. The smallest absolute Gasteiger partial charge is 0.133 e. The quantitative estimate of drug-likeness (QED) is 0.867. The van der Waals surface area contributed by atoms with Crippen LogP contribution in [0.2, 0.25) is 0 Å². The Morgan fingerprint density at radius 2 is 2.05 bits per heavy atom. The van der Waals surface area contributed by atoms with Crippen LogP contribution in [0.15, 0.2) is 34.9 Å². The van der Waals surface area contributed by atoms with E-state index in [0.29, 0.717) is 13.2 Å². The Labute approximate surface area is 113 Å². The van der Waals surface area contributed by atoms with Crippen LogP contribution >= 0.6 is 0 Å².